The number of benzene rings is 2. The molecule has 6 heteroatoms. The van der Waals surface area contributed by atoms with Gasteiger partial charge in [0.1, 0.15) is 5.82 Å². The van der Waals surface area contributed by atoms with Crippen LogP contribution in [0.2, 0.25) is 0 Å². The average molecular weight is 482 g/mol. The van der Waals surface area contributed by atoms with Crippen molar-refractivity contribution in [3.8, 4) is 0 Å². The second-order valence-corrected chi connectivity index (χ2v) is 10.2. The Balaban J connectivity index is 1.20. The quantitative estimate of drug-likeness (QED) is 0.376. The molecule has 3 aromatic rings. The average Bonchev–Trinajstić information content (AvgIpc) is 3.49. The van der Waals surface area contributed by atoms with E-state index in [1.54, 1.807) is 12.1 Å². The third-order valence-corrected chi connectivity index (χ3v) is 7.96. The van der Waals surface area contributed by atoms with Gasteiger partial charge in [-0.3, -0.25) is 4.68 Å². The van der Waals surface area contributed by atoms with Crippen LogP contribution in [0, 0.1) is 23.4 Å². The summed E-state index contributed by atoms with van der Waals surface area (Å²) in [5.41, 5.74) is 4.04. The van der Waals surface area contributed by atoms with Crippen molar-refractivity contribution in [2.75, 3.05) is 19.6 Å². The van der Waals surface area contributed by atoms with Gasteiger partial charge >= 0.3 is 0 Å². The summed E-state index contributed by atoms with van der Waals surface area (Å²) >= 11 is 0. The molecule has 1 aromatic heterocycles. The van der Waals surface area contributed by atoms with E-state index in [0.29, 0.717) is 24.2 Å². The summed E-state index contributed by atoms with van der Waals surface area (Å²) < 4.78 is 42.8. The molecule has 1 saturated heterocycles. The molecule has 0 spiro atoms. The van der Waals surface area contributed by atoms with Gasteiger partial charge in [-0.05, 0) is 99.0 Å². The molecule has 35 heavy (non-hydrogen) atoms. The van der Waals surface area contributed by atoms with E-state index in [1.807, 2.05) is 6.07 Å². The standard InChI is InChI=1S/C29H34F3N3/c1-2-35-29(18-25(33-35)15-20-9-10-27(31)28(32)16-20)21-11-13-34(14-12-21)19-23-6-4-8-26(23)22-5-3-7-24(30)17-22/h3,5,7,9-10,16-18,21,23,26H,2,4,6,8,11-15,19H2,1H3/t23?,26-/m1/s1. The summed E-state index contributed by atoms with van der Waals surface area (Å²) in [5.74, 6) is -0.251. The Hall–Kier alpha value is -2.60. The van der Waals surface area contributed by atoms with Crippen LogP contribution in [0.5, 0.6) is 0 Å². The zero-order chi connectivity index (χ0) is 24.4. The number of aromatic nitrogens is 2. The number of rotatable bonds is 7. The van der Waals surface area contributed by atoms with Gasteiger partial charge in [0, 0.05) is 31.1 Å². The van der Waals surface area contributed by atoms with Crippen LogP contribution in [0.15, 0.2) is 48.5 Å². The summed E-state index contributed by atoms with van der Waals surface area (Å²) in [7, 11) is 0. The molecule has 0 radical (unpaired) electrons. The number of aryl methyl sites for hydroxylation is 1. The van der Waals surface area contributed by atoms with E-state index < -0.39 is 11.6 Å². The maximum Gasteiger partial charge on any atom is 0.159 e. The molecular weight excluding hydrogens is 447 g/mol. The minimum Gasteiger partial charge on any atom is -0.303 e. The van der Waals surface area contributed by atoms with Crippen LogP contribution < -0.4 is 0 Å². The molecule has 2 atom stereocenters. The van der Waals surface area contributed by atoms with Gasteiger partial charge in [-0.2, -0.15) is 5.10 Å². The Labute approximate surface area is 206 Å². The molecule has 186 valence electrons. The lowest BCUT2D eigenvalue weighted by molar-refractivity contribution is 0.175. The highest BCUT2D eigenvalue weighted by molar-refractivity contribution is 5.26. The van der Waals surface area contributed by atoms with Crippen molar-refractivity contribution in [3.63, 3.8) is 0 Å². The van der Waals surface area contributed by atoms with Gasteiger partial charge in [0.15, 0.2) is 11.6 Å². The number of likely N-dealkylation sites (tertiary alicyclic amines) is 1. The van der Waals surface area contributed by atoms with Gasteiger partial charge in [0.2, 0.25) is 0 Å². The van der Waals surface area contributed by atoms with Crippen LogP contribution >= 0.6 is 0 Å². The molecule has 0 amide bonds. The molecule has 5 rings (SSSR count). The maximum atomic E-state index is 13.8. The highest BCUT2D eigenvalue weighted by Crippen LogP contribution is 2.41. The van der Waals surface area contributed by atoms with E-state index in [1.165, 1.54) is 36.7 Å². The van der Waals surface area contributed by atoms with Crippen molar-refractivity contribution in [1.82, 2.24) is 14.7 Å². The minimum atomic E-state index is -0.819. The van der Waals surface area contributed by atoms with Crippen LogP contribution in [-0.4, -0.2) is 34.3 Å². The number of hydrogen-bond donors (Lipinski definition) is 0. The lowest BCUT2D eigenvalue weighted by Crippen LogP contribution is -2.37. The third kappa shape index (κ3) is 5.48. The SMILES string of the molecule is CCn1nc(Cc2ccc(F)c(F)c2)cc1C1CCN(CC2CCC[C@@H]2c2cccc(F)c2)CC1. The fourth-order valence-corrected chi connectivity index (χ4v) is 6.19. The zero-order valence-corrected chi connectivity index (χ0v) is 20.4. The molecule has 1 aliphatic heterocycles. The van der Waals surface area contributed by atoms with Crippen molar-refractivity contribution in [1.29, 1.82) is 0 Å². The number of nitrogens with zero attached hydrogens (tertiary/aromatic N) is 3. The van der Waals surface area contributed by atoms with Crippen molar-refractivity contribution in [2.24, 2.45) is 5.92 Å². The molecule has 1 aliphatic carbocycles. The molecule has 2 aromatic carbocycles. The van der Waals surface area contributed by atoms with Gasteiger partial charge in [-0.25, -0.2) is 13.2 Å². The normalized spacial score (nSPS) is 21.6. The topological polar surface area (TPSA) is 21.1 Å². The Kier molecular flexibility index (Phi) is 7.28. The minimum absolute atomic E-state index is 0.134. The van der Waals surface area contributed by atoms with E-state index in [-0.39, 0.29) is 5.82 Å². The van der Waals surface area contributed by atoms with Crippen molar-refractivity contribution in [3.05, 3.63) is 88.5 Å². The predicted molar refractivity (Wildman–Crippen MR) is 132 cm³/mol. The Morgan fingerprint density at radius 3 is 2.49 bits per heavy atom. The maximum absolute atomic E-state index is 13.8. The van der Waals surface area contributed by atoms with Crippen LogP contribution in [0.3, 0.4) is 0 Å². The first kappa shape index (κ1) is 24.1. The van der Waals surface area contributed by atoms with Crippen molar-refractivity contribution in [2.45, 2.75) is 63.8 Å². The molecule has 2 fully saturated rings. The van der Waals surface area contributed by atoms with Crippen molar-refractivity contribution < 1.29 is 13.2 Å². The number of piperidine rings is 1. The highest BCUT2D eigenvalue weighted by Gasteiger charge is 2.32. The summed E-state index contributed by atoms with van der Waals surface area (Å²) in [6.45, 7) is 6.10. The van der Waals surface area contributed by atoms with Crippen LogP contribution in [0.1, 0.15) is 73.4 Å². The van der Waals surface area contributed by atoms with E-state index in [9.17, 15) is 13.2 Å². The summed E-state index contributed by atoms with van der Waals surface area (Å²) in [6, 6.07) is 13.4. The summed E-state index contributed by atoms with van der Waals surface area (Å²) in [5, 5.41) is 4.76. The number of hydrogen-bond acceptors (Lipinski definition) is 2. The van der Waals surface area contributed by atoms with Gasteiger partial charge in [-0.15, -0.1) is 0 Å². The zero-order valence-electron chi connectivity index (χ0n) is 20.4. The van der Waals surface area contributed by atoms with Crippen molar-refractivity contribution >= 4 is 0 Å². The fourth-order valence-electron chi connectivity index (χ4n) is 6.19. The molecule has 3 nitrogen and oxygen atoms in total. The molecular formula is C29H34F3N3. The molecule has 2 aliphatic rings. The largest absolute Gasteiger partial charge is 0.303 e. The van der Waals surface area contributed by atoms with Crippen LogP contribution in [-0.2, 0) is 13.0 Å². The first-order chi connectivity index (χ1) is 17.0. The van der Waals surface area contributed by atoms with E-state index in [0.717, 1.165) is 62.3 Å². The molecule has 0 bridgehead atoms. The van der Waals surface area contributed by atoms with E-state index in [2.05, 4.69) is 28.6 Å². The van der Waals surface area contributed by atoms with Crippen LogP contribution in [0.4, 0.5) is 13.2 Å². The van der Waals surface area contributed by atoms with Crippen LogP contribution in [0.25, 0.3) is 0 Å². The van der Waals surface area contributed by atoms with Gasteiger partial charge < -0.3 is 4.90 Å². The van der Waals surface area contributed by atoms with E-state index >= 15 is 0 Å². The Bertz CT molecular complexity index is 1150. The van der Waals surface area contributed by atoms with Gasteiger partial charge in [-0.1, -0.05) is 24.6 Å². The second-order valence-electron chi connectivity index (χ2n) is 10.2. The van der Waals surface area contributed by atoms with Gasteiger partial charge in [0.05, 0.1) is 5.69 Å². The number of halogens is 3. The van der Waals surface area contributed by atoms with E-state index in [4.69, 9.17) is 5.10 Å². The molecule has 1 unspecified atom stereocenters. The first-order valence-corrected chi connectivity index (χ1v) is 13.0. The Morgan fingerprint density at radius 2 is 1.74 bits per heavy atom. The lowest BCUT2D eigenvalue weighted by atomic mass is 9.87. The summed E-state index contributed by atoms with van der Waals surface area (Å²) in [4.78, 5) is 2.59. The fraction of sp³-hybridized carbons (Fsp3) is 0.483. The second kappa shape index (κ2) is 10.6. The molecule has 2 heterocycles. The van der Waals surface area contributed by atoms with Gasteiger partial charge in [0.25, 0.3) is 0 Å². The summed E-state index contributed by atoms with van der Waals surface area (Å²) in [6.07, 6.45) is 6.28. The molecule has 1 saturated carbocycles. The first-order valence-electron chi connectivity index (χ1n) is 13.0. The smallest absolute Gasteiger partial charge is 0.159 e. The lowest BCUT2D eigenvalue weighted by Gasteiger charge is -2.35. The predicted octanol–water partition coefficient (Wildman–Crippen LogP) is 6.67. The monoisotopic (exact) mass is 481 g/mol. The highest BCUT2D eigenvalue weighted by atomic mass is 19.2. The molecule has 0 N–H and O–H groups in total. The third-order valence-electron chi connectivity index (χ3n) is 7.96. The Morgan fingerprint density at radius 1 is 0.914 bits per heavy atom.